The van der Waals surface area contributed by atoms with Crippen LogP contribution in [-0.2, 0) is 6.54 Å². The SMILES string of the molecule is COc1ccc(C(=O)NCc2ccc(C)nc2)c(N)c1. The maximum Gasteiger partial charge on any atom is 0.253 e. The molecule has 20 heavy (non-hydrogen) atoms. The fourth-order valence-electron chi connectivity index (χ4n) is 1.76. The van der Waals surface area contributed by atoms with Gasteiger partial charge in [-0.3, -0.25) is 9.78 Å². The van der Waals surface area contributed by atoms with Gasteiger partial charge in [0, 0.05) is 30.2 Å². The molecule has 1 heterocycles. The summed E-state index contributed by atoms with van der Waals surface area (Å²) in [5.74, 6) is 0.410. The first-order valence-corrected chi connectivity index (χ1v) is 6.23. The van der Waals surface area contributed by atoms with Crippen LogP contribution in [0, 0.1) is 6.92 Å². The zero-order valence-corrected chi connectivity index (χ0v) is 11.5. The molecule has 0 aliphatic carbocycles. The van der Waals surface area contributed by atoms with Gasteiger partial charge in [0.05, 0.1) is 12.7 Å². The van der Waals surface area contributed by atoms with E-state index in [9.17, 15) is 4.79 Å². The van der Waals surface area contributed by atoms with Gasteiger partial charge < -0.3 is 15.8 Å². The van der Waals surface area contributed by atoms with Crippen molar-refractivity contribution in [3.05, 3.63) is 53.3 Å². The minimum absolute atomic E-state index is 0.217. The molecule has 0 unspecified atom stereocenters. The third kappa shape index (κ3) is 3.26. The lowest BCUT2D eigenvalue weighted by molar-refractivity contribution is 0.0952. The van der Waals surface area contributed by atoms with E-state index < -0.39 is 0 Å². The topological polar surface area (TPSA) is 77.2 Å². The zero-order valence-electron chi connectivity index (χ0n) is 11.5. The van der Waals surface area contributed by atoms with Crippen molar-refractivity contribution < 1.29 is 9.53 Å². The molecule has 1 aromatic heterocycles. The summed E-state index contributed by atoms with van der Waals surface area (Å²) in [6.45, 7) is 2.33. The predicted octanol–water partition coefficient (Wildman–Crippen LogP) is 1.91. The lowest BCUT2D eigenvalue weighted by atomic mass is 10.1. The van der Waals surface area contributed by atoms with E-state index in [0.29, 0.717) is 23.5 Å². The van der Waals surface area contributed by atoms with Crippen LogP contribution < -0.4 is 15.8 Å². The number of nitrogens with zero attached hydrogens (tertiary/aromatic N) is 1. The van der Waals surface area contributed by atoms with E-state index in [1.165, 1.54) is 0 Å². The molecule has 0 atom stereocenters. The fourth-order valence-corrected chi connectivity index (χ4v) is 1.76. The van der Waals surface area contributed by atoms with Gasteiger partial charge in [0.15, 0.2) is 0 Å². The van der Waals surface area contributed by atoms with Crippen molar-refractivity contribution in [1.29, 1.82) is 0 Å². The molecule has 2 rings (SSSR count). The van der Waals surface area contributed by atoms with E-state index in [-0.39, 0.29) is 5.91 Å². The maximum atomic E-state index is 12.1. The Morgan fingerprint density at radius 2 is 2.15 bits per heavy atom. The number of nitrogens with one attached hydrogen (secondary N) is 1. The van der Waals surface area contributed by atoms with E-state index >= 15 is 0 Å². The number of pyridine rings is 1. The Hall–Kier alpha value is -2.56. The van der Waals surface area contributed by atoms with Crippen LogP contribution in [-0.4, -0.2) is 18.0 Å². The Kier molecular flexibility index (Phi) is 4.20. The summed E-state index contributed by atoms with van der Waals surface area (Å²) in [5.41, 5.74) is 8.55. The molecule has 0 fully saturated rings. The van der Waals surface area contributed by atoms with Gasteiger partial charge in [-0.25, -0.2) is 0 Å². The highest BCUT2D eigenvalue weighted by Crippen LogP contribution is 2.19. The molecule has 0 aliphatic rings. The number of methoxy groups -OCH3 is 1. The van der Waals surface area contributed by atoms with Gasteiger partial charge >= 0.3 is 0 Å². The van der Waals surface area contributed by atoms with Crippen LogP contribution in [0.3, 0.4) is 0 Å². The lowest BCUT2D eigenvalue weighted by Gasteiger charge is -2.09. The van der Waals surface area contributed by atoms with Crippen LogP contribution in [0.15, 0.2) is 36.5 Å². The molecule has 0 aliphatic heterocycles. The molecule has 0 saturated heterocycles. The van der Waals surface area contributed by atoms with E-state index in [2.05, 4.69) is 10.3 Å². The second kappa shape index (κ2) is 6.06. The van der Waals surface area contributed by atoms with E-state index in [1.54, 1.807) is 31.5 Å². The van der Waals surface area contributed by atoms with Crippen molar-refractivity contribution in [3.8, 4) is 5.75 Å². The molecular formula is C15H17N3O2. The number of carbonyl (C=O) groups is 1. The summed E-state index contributed by atoms with van der Waals surface area (Å²) in [6.07, 6.45) is 1.74. The first-order chi connectivity index (χ1) is 9.60. The van der Waals surface area contributed by atoms with Crippen molar-refractivity contribution in [2.24, 2.45) is 0 Å². The molecule has 5 nitrogen and oxygen atoms in total. The average molecular weight is 271 g/mol. The number of nitrogen functional groups attached to an aromatic ring is 1. The van der Waals surface area contributed by atoms with Crippen molar-refractivity contribution in [2.45, 2.75) is 13.5 Å². The second-order valence-electron chi connectivity index (χ2n) is 4.44. The van der Waals surface area contributed by atoms with Crippen molar-refractivity contribution >= 4 is 11.6 Å². The number of carbonyl (C=O) groups excluding carboxylic acids is 1. The quantitative estimate of drug-likeness (QED) is 0.833. The van der Waals surface area contributed by atoms with Gasteiger partial charge in [-0.2, -0.15) is 0 Å². The third-order valence-corrected chi connectivity index (χ3v) is 2.93. The van der Waals surface area contributed by atoms with Gasteiger partial charge in [-0.1, -0.05) is 6.07 Å². The zero-order chi connectivity index (χ0) is 14.5. The third-order valence-electron chi connectivity index (χ3n) is 2.93. The first kappa shape index (κ1) is 13.9. The Morgan fingerprint density at radius 3 is 2.75 bits per heavy atom. The molecule has 1 amide bonds. The highest BCUT2D eigenvalue weighted by Gasteiger charge is 2.10. The number of nitrogens with two attached hydrogens (primary N) is 1. The van der Waals surface area contributed by atoms with E-state index in [1.807, 2.05) is 19.1 Å². The molecule has 3 N–H and O–H groups in total. The second-order valence-corrected chi connectivity index (χ2v) is 4.44. The van der Waals surface area contributed by atoms with Crippen LogP contribution in [0.2, 0.25) is 0 Å². The van der Waals surface area contributed by atoms with Crippen LogP contribution in [0.5, 0.6) is 5.75 Å². The van der Waals surface area contributed by atoms with Crippen molar-refractivity contribution in [2.75, 3.05) is 12.8 Å². The number of hydrogen-bond acceptors (Lipinski definition) is 4. The summed E-state index contributed by atoms with van der Waals surface area (Å²) in [6, 6.07) is 8.82. The van der Waals surface area contributed by atoms with E-state index in [0.717, 1.165) is 11.3 Å². The number of ether oxygens (including phenoxy) is 1. The normalized spacial score (nSPS) is 10.1. The Morgan fingerprint density at radius 1 is 1.35 bits per heavy atom. The van der Waals surface area contributed by atoms with Crippen molar-refractivity contribution in [1.82, 2.24) is 10.3 Å². The predicted molar refractivity (Wildman–Crippen MR) is 77.6 cm³/mol. The maximum absolute atomic E-state index is 12.1. The fraction of sp³-hybridized carbons (Fsp3) is 0.200. The number of aryl methyl sites for hydroxylation is 1. The van der Waals surface area contributed by atoms with Crippen LogP contribution in [0.4, 0.5) is 5.69 Å². The summed E-state index contributed by atoms with van der Waals surface area (Å²) in [5, 5.41) is 2.81. The number of anilines is 1. The number of aromatic nitrogens is 1. The summed E-state index contributed by atoms with van der Waals surface area (Å²) < 4.78 is 5.05. The molecule has 0 spiro atoms. The highest BCUT2D eigenvalue weighted by molar-refractivity contribution is 5.99. The molecule has 0 bridgehead atoms. The van der Waals surface area contributed by atoms with Crippen molar-refractivity contribution in [3.63, 3.8) is 0 Å². The molecule has 1 aromatic carbocycles. The minimum atomic E-state index is -0.217. The lowest BCUT2D eigenvalue weighted by Crippen LogP contribution is -2.23. The summed E-state index contributed by atoms with van der Waals surface area (Å²) in [4.78, 5) is 16.2. The monoisotopic (exact) mass is 271 g/mol. The van der Waals surface area contributed by atoms with Gasteiger partial charge in [0.25, 0.3) is 5.91 Å². The molecule has 2 aromatic rings. The Labute approximate surface area is 117 Å². The molecule has 0 saturated carbocycles. The largest absolute Gasteiger partial charge is 0.497 e. The Balaban J connectivity index is 2.03. The number of hydrogen-bond donors (Lipinski definition) is 2. The minimum Gasteiger partial charge on any atom is -0.497 e. The van der Waals surface area contributed by atoms with Gasteiger partial charge in [-0.15, -0.1) is 0 Å². The van der Waals surface area contributed by atoms with Crippen LogP contribution in [0.1, 0.15) is 21.6 Å². The standard InChI is InChI=1S/C15H17N3O2/c1-10-3-4-11(8-17-10)9-18-15(19)13-6-5-12(20-2)7-14(13)16/h3-8H,9,16H2,1-2H3,(H,18,19). The molecular weight excluding hydrogens is 254 g/mol. The van der Waals surface area contributed by atoms with Gasteiger partial charge in [-0.05, 0) is 30.7 Å². The summed E-state index contributed by atoms with van der Waals surface area (Å²) >= 11 is 0. The average Bonchev–Trinajstić information content (AvgIpc) is 2.46. The van der Waals surface area contributed by atoms with Crippen LogP contribution >= 0.6 is 0 Å². The Bertz CT molecular complexity index is 609. The van der Waals surface area contributed by atoms with E-state index in [4.69, 9.17) is 10.5 Å². The first-order valence-electron chi connectivity index (χ1n) is 6.23. The highest BCUT2D eigenvalue weighted by atomic mass is 16.5. The van der Waals surface area contributed by atoms with Gasteiger partial charge in [0.1, 0.15) is 5.75 Å². The molecule has 0 radical (unpaired) electrons. The number of rotatable bonds is 4. The number of benzene rings is 1. The van der Waals surface area contributed by atoms with Crippen LogP contribution in [0.25, 0.3) is 0 Å². The summed E-state index contributed by atoms with van der Waals surface area (Å²) in [7, 11) is 1.55. The van der Waals surface area contributed by atoms with Gasteiger partial charge in [0.2, 0.25) is 0 Å². The smallest absolute Gasteiger partial charge is 0.253 e. The molecule has 5 heteroatoms. The number of amides is 1. The molecule has 104 valence electrons.